The topological polar surface area (TPSA) is 49.6 Å². The molecule has 2 saturated heterocycles. The van der Waals surface area contributed by atoms with E-state index < -0.39 is 0 Å². The maximum Gasteiger partial charge on any atom is 0.222 e. The second-order valence-corrected chi connectivity index (χ2v) is 7.10. The van der Waals surface area contributed by atoms with Gasteiger partial charge in [-0.2, -0.15) is 0 Å². The first-order chi connectivity index (χ1) is 12.2. The van der Waals surface area contributed by atoms with E-state index >= 15 is 0 Å². The average Bonchev–Trinajstić information content (AvgIpc) is 2.63. The fraction of sp³-hybridized carbons (Fsp3) is 0.550. The molecule has 0 saturated carbocycles. The number of hydrogen-bond acceptors (Lipinski definition) is 3. The molecule has 136 valence electrons. The molecule has 5 heteroatoms. The lowest BCUT2D eigenvalue weighted by atomic mass is 9.83. The first-order valence-corrected chi connectivity index (χ1v) is 9.31. The first kappa shape index (κ1) is 18.1. The lowest BCUT2D eigenvalue weighted by molar-refractivity contribution is -0.141. The SMILES string of the molecule is NCCCN1C(=O)CC[C@H]2CN(CC=Cc3ccc(F)cc3)CC[C@H]21. The molecule has 1 aromatic carbocycles. The number of amides is 1. The summed E-state index contributed by atoms with van der Waals surface area (Å²) < 4.78 is 12.9. The highest BCUT2D eigenvalue weighted by Gasteiger charge is 2.38. The van der Waals surface area contributed by atoms with Crippen molar-refractivity contribution >= 4 is 12.0 Å². The zero-order valence-corrected chi connectivity index (χ0v) is 14.7. The number of carbonyl (C=O) groups is 1. The van der Waals surface area contributed by atoms with Gasteiger partial charge in [0.05, 0.1) is 0 Å². The Morgan fingerprint density at radius 1 is 1.24 bits per heavy atom. The minimum absolute atomic E-state index is 0.203. The van der Waals surface area contributed by atoms with Gasteiger partial charge in [-0.25, -0.2) is 4.39 Å². The van der Waals surface area contributed by atoms with Crippen LogP contribution in [0.25, 0.3) is 6.08 Å². The highest BCUT2D eigenvalue weighted by molar-refractivity contribution is 5.77. The largest absolute Gasteiger partial charge is 0.339 e. The van der Waals surface area contributed by atoms with Crippen LogP contribution < -0.4 is 5.73 Å². The van der Waals surface area contributed by atoms with Crippen LogP contribution in [-0.2, 0) is 4.79 Å². The van der Waals surface area contributed by atoms with Gasteiger partial charge in [0.15, 0.2) is 0 Å². The normalized spacial score (nSPS) is 24.7. The molecule has 0 radical (unpaired) electrons. The lowest BCUT2D eigenvalue weighted by Gasteiger charge is -2.47. The molecule has 3 rings (SSSR count). The van der Waals surface area contributed by atoms with E-state index in [0.717, 1.165) is 51.0 Å². The van der Waals surface area contributed by atoms with Crippen molar-refractivity contribution < 1.29 is 9.18 Å². The Bertz CT molecular complexity index is 601. The molecule has 0 spiro atoms. The summed E-state index contributed by atoms with van der Waals surface area (Å²) >= 11 is 0. The maximum absolute atomic E-state index is 12.9. The summed E-state index contributed by atoms with van der Waals surface area (Å²) in [6.07, 6.45) is 7.80. The molecule has 2 aliphatic rings. The number of benzene rings is 1. The predicted octanol–water partition coefficient (Wildman–Crippen LogP) is 2.50. The van der Waals surface area contributed by atoms with Crippen LogP contribution >= 0.6 is 0 Å². The molecule has 25 heavy (non-hydrogen) atoms. The summed E-state index contributed by atoms with van der Waals surface area (Å²) in [5.41, 5.74) is 6.64. The van der Waals surface area contributed by atoms with Gasteiger partial charge in [0, 0.05) is 38.6 Å². The molecule has 2 heterocycles. The molecule has 0 unspecified atom stereocenters. The molecule has 2 N–H and O–H groups in total. The Morgan fingerprint density at radius 2 is 2.04 bits per heavy atom. The molecule has 0 aromatic heterocycles. The Hall–Kier alpha value is -1.72. The predicted molar refractivity (Wildman–Crippen MR) is 98.4 cm³/mol. The summed E-state index contributed by atoms with van der Waals surface area (Å²) in [5.74, 6) is 0.674. The summed E-state index contributed by atoms with van der Waals surface area (Å²) in [5, 5.41) is 0. The van der Waals surface area contributed by atoms with Gasteiger partial charge < -0.3 is 10.6 Å². The van der Waals surface area contributed by atoms with Crippen molar-refractivity contribution in [1.82, 2.24) is 9.80 Å². The first-order valence-electron chi connectivity index (χ1n) is 9.31. The molecule has 2 fully saturated rings. The van der Waals surface area contributed by atoms with Gasteiger partial charge in [0.2, 0.25) is 5.91 Å². The van der Waals surface area contributed by atoms with Gasteiger partial charge in [-0.15, -0.1) is 0 Å². The van der Waals surface area contributed by atoms with E-state index in [1.807, 2.05) is 6.08 Å². The van der Waals surface area contributed by atoms with Crippen LogP contribution in [0.15, 0.2) is 30.3 Å². The third kappa shape index (κ3) is 4.67. The van der Waals surface area contributed by atoms with Crippen LogP contribution in [0.2, 0.25) is 0 Å². The zero-order valence-electron chi connectivity index (χ0n) is 14.7. The monoisotopic (exact) mass is 345 g/mol. The summed E-state index contributed by atoms with van der Waals surface area (Å²) in [4.78, 5) is 16.8. The van der Waals surface area contributed by atoms with Gasteiger partial charge in [0.1, 0.15) is 5.82 Å². The number of likely N-dealkylation sites (tertiary alicyclic amines) is 2. The van der Waals surface area contributed by atoms with Gasteiger partial charge in [-0.05, 0) is 49.4 Å². The second-order valence-electron chi connectivity index (χ2n) is 7.10. The van der Waals surface area contributed by atoms with Crippen LogP contribution in [0.1, 0.15) is 31.2 Å². The fourth-order valence-electron chi connectivity index (χ4n) is 4.06. The third-order valence-electron chi connectivity index (χ3n) is 5.37. The summed E-state index contributed by atoms with van der Waals surface area (Å²) in [7, 11) is 0. The van der Waals surface area contributed by atoms with Crippen molar-refractivity contribution in [3.05, 3.63) is 41.7 Å². The number of fused-ring (bicyclic) bond motifs is 1. The maximum atomic E-state index is 12.9. The minimum atomic E-state index is -0.203. The van der Waals surface area contributed by atoms with E-state index in [1.54, 1.807) is 12.1 Å². The standard InChI is InChI=1S/C20H28FN3O/c21-18-7-4-16(5-8-18)3-1-12-23-14-10-19-17(15-23)6-9-20(25)24(19)13-2-11-22/h1,3-5,7-8,17,19H,2,6,9-15,22H2/t17-,19+/m0/s1. The Morgan fingerprint density at radius 3 is 2.80 bits per heavy atom. The van der Waals surface area contributed by atoms with E-state index in [4.69, 9.17) is 5.73 Å². The van der Waals surface area contributed by atoms with Gasteiger partial charge >= 0.3 is 0 Å². The zero-order chi connectivity index (χ0) is 17.6. The van der Waals surface area contributed by atoms with E-state index in [1.165, 1.54) is 12.1 Å². The van der Waals surface area contributed by atoms with E-state index in [9.17, 15) is 9.18 Å². The highest BCUT2D eigenvalue weighted by Crippen LogP contribution is 2.31. The number of nitrogens with zero attached hydrogens (tertiary/aromatic N) is 2. The van der Waals surface area contributed by atoms with Crippen molar-refractivity contribution in [2.75, 3.05) is 32.7 Å². The van der Waals surface area contributed by atoms with E-state index in [-0.39, 0.29) is 5.82 Å². The molecule has 4 nitrogen and oxygen atoms in total. The Labute approximate surface area is 149 Å². The minimum Gasteiger partial charge on any atom is -0.339 e. The van der Waals surface area contributed by atoms with Gasteiger partial charge in [-0.3, -0.25) is 9.69 Å². The van der Waals surface area contributed by atoms with Gasteiger partial charge in [-0.1, -0.05) is 24.3 Å². The van der Waals surface area contributed by atoms with Crippen LogP contribution in [0.5, 0.6) is 0 Å². The number of hydrogen-bond donors (Lipinski definition) is 1. The number of carbonyl (C=O) groups excluding carboxylic acids is 1. The van der Waals surface area contributed by atoms with Crippen molar-refractivity contribution in [1.29, 1.82) is 0 Å². The van der Waals surface area contributed by atoms with Crippen molar-refractivity contribution in [3.63, 3.8) is 0 Å². The molecular weight excluding hydrogens is 317 g/mol. The molecule has 2 aliphatic heterocycles. The Kier molecular flexibility index (Phi) is 6.21. The van der Waals surface area contributed by atoms with Crippen LogP contribution in [0.3, 0.4) is 0 Å². The molecule has 0 aliphatic carbocycles. The van der Waals surface area contributed by atoms with Crippen molar-refractivity contribution in [2.45, 2.75) is 31.7 Å². The van der Waals surface area contributed by atoms with E-state index in [0.29, 0.717) is 30.8 Å². The van der Waals surface area contributed by atoms with Gasteiger partial charge in [0.25, 0.3) is 0 Å². The highest BCUT2D eigenvalue weighted by atomic mass is 19.1. The lowest BCUT2D eigenvalue weighted by Crippen LogP contribution is -2.56. The molecule has 2 atom stereocenters. The van der Waals surface area contributed by atoms with Crippen molar-refractivity contribution in [3.8, 4) is 0 Å². The smallest absolute Gasteiger partial charge is 0.222 e. The number of rotatable bonds is 6. The quantitative estimate of drug-likeness (QED) is 0.862. The van der Waals surface area contributed by atoms with Crippen LogP contribution in [-0.4, -0.2) is 54.5 Å². The average molecular weight is 345 g/mol. The van der Waals surface area contributed by atoms with Crippen LogP contribution in [0.4, 0.5) is 4.39 Å². The summed E-state index contributed by atoms with van der Waals surface area (Å²) in [6, 6.07) is 6.95. The summed E-state index contributed by atoms with van der Waals surface area (Å²) in [6.45, 7) is 4.41. The van der Waals surface area contributed by atoms with E-state index in [2.05, 4.69) is 15.9 Å². The van der Waals surface area contributed by atoms with Crippen LogP contribution in [0, 0.1) is 11.7 Å². The number of nitrogens with two attached hydrogens (primary N) is 1. The molecule has 1 amide bonds. The van der Waals surface area contributed by atoms with Crippen molar-refractivity contribution in [2.24, 2.45) is 11.7 Å². The fourth-order valence-corrected chi connectivity index (χ4v) is 4.06. The third-order valence-corrected chi connectivity index (χ3v) is 5.37. The molecular formula is C20H28FN3O. The Balaban J connectivity index is 1.52. The second kappa shape index (κ2) is 8.59. The molecule has 1 aromatic rings. The number of halogens is 1. The molecule has 0 bridgehead atoms. The number of piperidine rings is 2.